The normalized spacial score (nSPS) is 14.7. The van der Waals surface area contributed by atoms with E-state index in [0.717, 1.165) is 0 Å². The quantitative estimate of drug-likeness (QED) is 0.570. The van der Waals surface area contributed by atoms with Crippen molar-refractivity contribution in [2.75, 3.05) is 20.1 Å². The fourth-order valence-corrected chi connectivity index (χ4v) is 0.618. The molecule has 0 aliphatic rings. The lowest BCUT2D eigenvalue weighted by Crippen LogP contribution is -2.37. The molecule has 0 aromatic rings. The zero-order valence-electron chi connectivity index (χ0n) is 7.04. The van der Waals surface area contributed by atoms with Gasteiger partial charge in [-0.25, -0.2) is 0 Å². The number of likely N-dealkylation sites (N-methyl/N-ethyl adjacent to an activating group) is 1. The molecule has 0 aromatic heterocycles. The van der Waals surface area contributed by atoms with E-state index in [1.54, 1.807) is 0 Å². The second kappa shape index (κ2) is 4.66. The van der Waals surface area contributed by atoms with Crippen LogP contribution in [0.1, 0.15) is 13.8 Å². The van der Waals surface area contributed by atoms with E-state index in [1.165, 1.54) is 0 Å². The van der Waals surface area contributed by atoms with E-state index in [2.05, 4.69) is 18.7 Å². The molecule has 0 heterocycles. The Kier molecular flexibility index (Phi) is 4.60. The Morgan fingerprint density at radius 3 is 2.30 bits per heavy atom. The van der Waals surface area contributed by atoms with Crippen molar-refractivity contribution in [2.45, 2.75) is 26.0 Å². The van der Waals surface area contributed by atoms with E-state index < -0.39 is 0 Å². The van der Waals surface area contributed by atoms with Crippen molar-refractivity contribution in [3.05, 3.63) is 0 Å². The molecule has 0 saturated carbocycles. The summed E-state index contributed by atoms with van der Waals surface area (Å²) in [5.41, 5.74) is 5.24. The number of aliphatic hydroxyl groups excluding tert-OH is 1. The summed E-state index contributed by atoms with van der Waals surface area (Å²) in [7, 11) is 1.98. The van der Waals surface area contributed by atoms with E-state index in [4.69, 9.17) is 10.8 Å². The minimum absolute atomic E-state index is 0.344. The lowest BCUT2D eigenvalue weighted by molar-refractivity contribution is 0.118. The maximum absolute atomic E-state index is 9.11. The van der Waals surface area contributed by atoms with Crippen molar-refractivity contribution in [3.8, 4) is 0 Å². The maximum atomic E-state index is 9.11. The Hall–Kier alpha value is -0.120. The van der Waals surface area contributed by atoms with Crippen LogP contribution in [0.3, 0.4) is 0 Å². The molecule has 0 spiro atoms. The fraction of sp³-hybridized carbons (Fsp3) is 1.00. The first-order valence-corrected chi connectivity index (χ1v) is 3.66. The number of hydrogen-bond acceptors (Lipinski definition) is 3. The number of aliphatic hydroxyl groups is 1. The molecule has 10 heavy (non-hydrogen) atoms. The van der Waals surface area contributed by atoms with Gasteiger partial charge in [0.25, 0.3) is 0 Å². The molecular weight excluding hydrogens is 128 g/mol. The molecule has 0 radical (unpaired) electrons. The van der Waals surface area contributed by atoms with Crippen molar-refractivity contribution in [2.24, 2.45) is 5.73 Å². The number of nitrogens with zero attached hydrogens (tertiary/aromatic N) is 1. The average molecular weight is 146 g/mol. The third-order valence-electron chi connectivity index (χ3n) is 1.65. The highest BCUT2D eigenvalue weighted by Gasteiger charge is 2.07. The van der Waals surface area contributed by atoms with Crippen molar-refractivity contribution in [3.63, 3.8) is 0 Å². The van der Waals surface area contributed by atoms with Gasteiger partial charge in [-0.15, -0.1) is 0 Å². The summed E-state index contributed by atoms with van der Waals surface area (Å²) >= 11 is 0. The minimum atomic E-state index is -0.382. The minimum Gasteiger partial charge on any atom is -0.390 e. The molecule has 3 nitrogen and oxygen atoms in total. The summed E-state index contributed by atoms with van der Waals surface area (Å²) in [5, 5.41) is 9.11. The molecule has 0 aromatic carbocycles. The van der Waals surface area contributed by atoms with Crippen LogP contribution in [0.2, 0.25) is 0 Å². The van der Waals surface area contributed by atoms with Crippen LogP contribution < -0.4 is 5.73 Å². The Morgan fingerprint density at radius 2 is 2.00 bits per heavy atom. The predicted molar refractivity (Wildman–Crippen MR) is 42.8 cm³/mol. The molecule has 0 aliphatic heterocycles. The van der Waals surface area contributed by atoms with Crippen molar-refractivity contribution in [1.29, 1.82) is 0 Å². The van der Waals surface area contributed by atoms with E-state index in [9.17, 15) is 0 Å². The molecule has 0 aliphatic carbocycles. The lowest BCUT2D eigenvalue weighted by Gasteiger charge is -2.23. The third kappa shape index (κ3) is 3.82. The van der Waals surface area contributed by atoms with Gasteiger partial charge < -0.3 is 15.7 Å². The Morgan fingerprint density at radius 1 is 1.50 bits per heavy atom. The predicted octanol–water partition coefficient (Wildman–Crippen LogP) is -0.354. The molecule has 0 unspecified atom stereocenters. The smallest absolute Gasteiger partial charge is 0.0789 e. The Balaban J connectivity index is 3.46. The molecule has 62 valence electrons. The lowest BCUT2D eigenvalue weighted by atomic mass is 10.3. The second-order valence-electron chi connectivity index (χ2n) is 2.92. The van der Waals surface area contributed by atoms with Gasteiger partial charge in [0, 0.05) is 19.1 Å². The van der Waals surface area contributed by atoms with Gasteiger partial charge in [0.15, 0.2) is 0 Å². The van der Waals surface area contributed by atoms with Crippen LogP contribution in [0.5, 0.6) is 0 Å². The van der Waals surface area contributed by atoms with Gasteiger partial charge in [-0.05, 0) is 20.9 Å². The summed E-state index contributed by atoms with van der Waals surface area (Å²) in [6, 6.07) is 0.473. The zero-order valence-corrected chi connectivity index (χ0v) is 7.04. The van der Waals surface area contributed by atoms with Crippen LogP contribution in [-0.4, -0.2) is 42.3 Å². The molecule has 0 bridgehead atoms. The SMILES string of the molecule is CC(C)N(C)C[C@H](O)CN. The van der Waals surface area contributed by atoms with E-state index >= 15 is 0 Å². The van der Waals surface area contributed by atoms with Crippen LogP contribution in [-0.2, 0) is 0 Å². The molecule has 3 N–H and O–H groups in total. The third-order valence-corrected chi connectivity index (χ3v) is 1.65. The standard InChI is InChI=1S/C7H18N2O/c1-6(2)9(3)5-7(10)4-8/h6-7,10H,4-5,8H2,1-3H3/t7-/m1/s1. The zero-order chi connectivity index (χ0) is 8.15. The highest BCUT2D eigenvalue weighted by molar-refractivity contribution is 4.64. The van der Waals surface area contributed by atoms with Crippen LogP contribution in [0.15, 0.2) is 0 Å². The van der Waals surface area contributed by atoms with Crippen molar-refractivity contribution >= 4 is 0 Å². The average Bonchev–Trinajstić information content (AvgIpc) is 1.87. The molecule has 0 fully saturated rings. The summed E-state index contributed by atoms with van der Waals surface area (Å²) < 4.78 is 0. The summed E-state index contributed by atoms with van der Waals surface area (Å²) in [5.74, 6) is 0. The number of hydrogen-bond donors (Lipinski definition) is 2. The van der Waals surface area contributed by atoms with Gasteiger partial charge in [0.2, 0.25) is 0 Å². The fourth-order valence-electron chi connectivity index (χ4n) is 0.618. The Labute approximate surface area is 62.8 Å². The molecule has 0 amide bonds. The van der Waals surface area contributed by atoms with E-state index in [0.29, 0.717) is 19.1 Å². The summed E-state index contributed by atoms with van der Waals surface area (Å²) in [6.07, 6.45) is -0.382. The van der Waals surface area contributed by atoms with E-state index in [1.807, 2.05) is 7.05 Å². The number of nitrogens with two attached hydrogens (primary N) is 1. The van der Waals surface area contributed by atoms with Gasteiger partial charge in [-0.2, -0.15) is 0 Å². The van der Waals surface area contributed by atoms with Gasteiger partial charge in [-0.1, -0.05) is 0 Å². The summed E-state index contributed by atoms with van der Waals surface area (Å²) in [4.78, 5) is 2.07. The monoisotopic (exact) mass is 146 g/mol. The highest BCUT2D eigenvalue weighted by atomic mass is 16.3. The first kappa shape index (κ1) is 9.88. The van der Waals surface area contributed by atoms with Crippen molar-refractivity contribution < 1.29 is 5.11 Å². The Bertz CT molecular complexity index is 85.7. The van der Waals surface area contributed by atoms with Gasteiger partial charge in [-0.3, -0.25) is 0 Å². The largest absolute Gasteiger partial charge is 0.390 e. The molecule has 0 rings (SSSR count). The van der Waals surface area contributed by atoms with Crippen molar-refractivity contribution in [1.82, 2.24) is 4.90 Å². The second-order valence-corrected chi connectivity index (χ2v) is 2.92. The maximum Gasteiger partial charge on any atom is 0.0789 e. The molecule has 0 saturated heterocycles. The highest BCUT2D eigenvalue weighted by Crippen LogP contribution is 1.94. The topological polar surface area (TPSA) is 49.5 Å². The van der Waals surface area contributed by atoms with Crippen LogP contribution in [0, 0.1) is 0 Å². The molecule has 1 atom stereocenters. The summed E-state index contributed by atoms with van der Waals surface area (Å²) in [6.45, 7) is 5.18. The van der Waals surface area contributed by atoms with Gasteiger partial charge in [0.1, 0.15) is 0 Å². The van der Waals surface area contributed by atoms with Gasteiger partial charge in [0.05, 0.1) is 6.10 Å². The first-order valence-electron chi connectivity index (χ1n) is 3.66. The number of rotatable bonds is 4. The van der Waals surface area contributed by atoms with E-state index in [-0.39, 0.29) is 6.10 Å². The molecular formula is C7H18N2O. The van der Waals surface area contributed by atoms with Crippen LogP contribution >= 0.6 is 0 Å². The van der Waals surface area contributed by atoms with Gasteiger partial charge >= 0.3 is 0 Å². The molecule has 3 heteroatoms. The van der Waals surface area contributed by atoms with Crippen LogP contribution in [0.4, 0.5) is 0 Å². The van der Waals surface area contributed by atoms with Crippen LogP contribution in [0.25, 0.3) is 0 Å². The first-order chi connectivity index (χ1) is 4.57.